The van der Waals surface area contributed by atoms with Crippen molar-refractivity contribution in [2.24, 2.45) is 0 Å². The fourth-order valence-electron chi connectivity index (χ4n) is 1.67. The molecule has 0 aliphatic rings. The van der Waals surface area contributed by atoms with Crippen LogP contribution >= 0.6 is 0 Å². The SMILES string of the molecule is CC(O)C(C)(C)Nc1ncnc2ccc([N+](=O)[O-])cc12. The molecule has 0 aliphatic carbocycles. The molecular weight excluding hydrogens is 260 g/mol. The fourth-order valence-corrected chi connectivity index (χ4v) is 1.67. The van der Waals surface area contributed by atoms with Crippen molar-refractivity contribution >= 4 is 22.4 Å². The number of benzene rings is 1. The van der Waals surface area contributed by atoms with E-state index in [0.29, 0.717) is 16.7 Å². The van der Waals surface area contributed by atoms with E-state index >= 15 is 0 Å². The highest BCUT2D eigenvalue weighted by molar-refractivity contribution is 5.90. The van der Waals surface area contributed by atoms with Crippen LogP contribution in [0.2, 0.25) is 0 Å². The highest BCUT2D eigenvalue weighted by Crippen LogP contribution is 2.27. The van der Waals surface area contributed by atoms with Crippen LogP contribution in [0.25, 0.3) is 10.9 Å². The third kappa shape index (κ3) is 2.67. The van der Waals surface area contributed by atoms with Gasteiger partial charge in [0.15, 0.2) is 0 Å². The van der Waals surface area contributed by atoms with Gasteiger partial charge in [-0.1, -0.05) is 0 Å². The molecule has 0 saturated heterocycles. The molecule has 2 aromatic rings. The third-order valence-corrected chi connectivity index (χ3v) is 3.31. The lowest BCUT2D eigenvalue weighted by Crippen LogP contribution is -2.42. The largest absolute Gasteiger partial charge is 0.391 e. The lowest BCUT2D eigenvalue weighted by Gasteiger charge is -2.30. The first-order valence-electron chi connectivity index (χ1n) is 6.16. The normalized spacial score (nSPS) is 13.2. The Morgan fingerprint density at radius 3 is 2.70 bits per heavy atom. The number of hydrogen-bond donors (Lipinski definition) is 2. The number of aromatic nitrogens is 2. The Balaban J connectivity index is 2.53. The molecule has 7 heteroatoms. The minimum atomic E-state index is -0.619. The Bertz CT molecular complexity index is 655. The molecule has 1 aromatic carbocycles. The van der Waals surface area contributed by atoms with Crippen molar-refractivity contribution in [3.05, 3.63) is 34.6 Å². The average Bonchev–Trinajstić information content (AvgIpc) is 2.38. The van der Waals surface area contributed by atoms with Crippen molar-refractivity contribution < 1.29 is 10.0 Å². The first kappa shape index (κ1) is 14.1. The number of nitrogens with zero attached hydrogens (tertiary/aromatic N) is 3. The van der Waals surface area contributed by atoms with Gasteiger partial charge in [0.25, 0.3) is 5.69 Å². The predicted octanol–water partition coefficient (Wildman–Crippen LogP) is 2.11. The number of hydrogen-bond acceptors (Lipinski definition) is 6. The monoisotopic (exact) mass is 276 g/mol. The van der Waals surface area contributed by atoms with E-state index in [1.54, 1.807) is 13.0 Å². The van der Waals surface area contributed by atoms with Crippen molar-refractivity contribution in [1.29, 1.82) is 0 Å². The molecule has 7 nitrogen and oxygen atoms in total. The lowest BCUT2D eigenvalue weighted by atomic mass is 9.98. The number of nitro groups is 1. The molecule has 1 atom stereocenters. The minimum absolute atomic E-state index is 0.0230. The summed E-state index contributed by atoms with van der Waals surface area (Å²) < 4.78 is 0. The number of rotatable bonds is 4. The van der Waals surface area contributed by atoms with Crippen LogP contribution in [-0.2, 0) is 0 Å². The summed E-state index contributed by atoms with van der Waals surface area (Å²) >= 11 is 0. The molecule has 2 rings (SSSR count). The minimum Gasteiger partial charge on any atom is -0.391 e. The number of nitrogens with one attached hydrogen (secondary N) is 1. The topological polar surface area (TPSA) is 101 Å². The molecule has 0 aliphatic heterocycles. The maximum absolute atomic E-state index is 10.9. The lowest BCUT2D eigenvalue weighted by molar-refractivity contribution is -0.384. The maximum Gasteiger partial charge on any atom is 0.270 e. The Morgan fingerprint density at radius 2 is 2.10 bits per heavy atom. The van der Waals surface area contributed by atoms with Crippen LogP contribution in [0, 0.1) is 10.1 Å². The molecule has 0 saturated carbocycles. The molecule has 2 N–H and O–H groups in total. The molecule has 20 heavy (non-hydrogen) atoms. The Kier molecular flexibility index (Phi) is 3.54. The van der Waals surface area contributed by atoms with Gasteiger partial charge in [-0.2, -0.15) is 0 Å². The van der Waals surface area contributed by atoms with E-state index < -0.39 is 16.6 Å². The number of fused-ring (bicyclic) bond motifs is 1. The Labute approximate surface area is 115 Å². The van der Waals surface area contributed by atoms with Gasteiger partial charge in [-0.25, -0.2) is 9.97 Å². The second-order valence-electron chi connectivity index (χ2n) is 5.20. The van der Waals surface area contributed by atoms with Gasteiger partial charge in [0.05, 0.1) is 22.1 Å². The van der Waals surface area contributed by atoms with E-state index in [1.807, 2.05) is 13.8 Å². The van der Waals surface area contributed by atoms with Gasteiger partial charge in [-0.05, 0) is 26.8 Å². The smallest absolute Gasteiger partial charge is 0.270 e. The van der Waals surface area contributed by atoms with E-state index in [0.717, 1.165) is 0 Å². The number of anilines is 1. The van der Waals surface area contributed by atoms with Crippen molar-refractivity contribution in [2.75, 3.05) is 5.32 Å². The first-order valence-corrected chi connectivity index (χ1v) is 6.16. The molecule has 1 heterocycles. The quantitative estimate of drug-likeness (QED) is 0.655. The summed E-state index contributed by atoms with van der Waals surface area (Å²) in [4.78, 5) is 18.6. The van der Waals surface area contributed by atoms with Crippen molar-refractivity contribution in [1.82, 2.24) is 9.97 Å². The zero-order valence-electron chi connectivity index (χ0n) is 11.5. The molecule has 0 spiro atoms. The Hall–Kier alpha value is -2.28. The third-order valence-electron chi connectivity index (χ3n) is 3.31. The summed E-state index contributed by atoms with van der Waals surface area (Å²) in [5, 5.41) is 24.3. The maximum atomic E-state index is 10.9. The second kappa shape index (κ2) is 5.01. The van der Waals surface area contributed by atoms with Gasteiger partial charge in [0.2, 0.25) is 0 Å². The van der Waals surface area contributed by atoms with Gasteiger partial charge >= 0.3 is 0 Å². The number of aliphatic hydroxyl groups excluding tert-OH is 1. The van der Waals surface area contributed by atoms with Crippen LogP contribution in [0.3, 0.4) is 0 Å². The van der Waals surface area contributed by atoms with Gasteiger partial charge in [0.1, 0.15) is 12.1 Å². The van der Waals surface area contributed by atoms with Crippen LogP contribution in [-0.4, -0.2) is 31.6 Å². The summed E-state index contributed by atoms with van der Waals surface area (Å²) in [6.45, 7) is 5.31. The summed E-state index contributed by atoms with van der Waals surface area (Å²) in [6.07, 6.45) is 0.764. The summed E-state index contributed by atoms with van der Waals surface area (Å²) in [5.41, 5.74) is -0.0361. The molecule has 106 valence electrons. The van der Waals surface area contributed by atoms with Crippen LogP contribution in [0.15, 0.2) is 24.5 Å². The summed E-state index contributed by atoms with van der Waals surface area (Å²) in [6, 6.07) is 4.41. The molecule has 1 unspecified atom stereocenters. The Morgan fingerprint density at radius 1 is 1.40 bits per heavy atom. The molecule has 0 fully saturated rings. The molecule has 1 aromatic heterocycles. The molecule has 0 bridgehead atoms. The highest BCUT2D eigenvalue weighted by Gasteiger charge is 2.25. The van der Waals surface area contributed by atoms with E-state index in [4.69, 9.17) is 0 Å². The first-order chi connectivity index (χ1) is 9.31. The molecular formula is C13H16N4O3. The summed E-state index contributed by atoms with van der Waals surface area (Å²) in [7, 11) is 0. The van der Waals surface area contributed by atoms with Crippen LogP contribution in [0.4, 0.5) is 11.5 Å². The number of non-ortho nitro benzene ring substituents is 1. The number of nitro benzene ring substituents is 1. The van der Waals surface area contributed by atoms with Gasteiger partial charge in [-0.15, -0.1) is 0 Å². The predicted molar refractivity (Wildman–Crippen MR) is 75.6 cm³/mol. The number of aliphatic hydroxyl groups is 1. The molecule has 0 amide bonds. The van der Waals surface area contributed by atoms with Crippen LogP contribution in [0.1, 0.15) is 20.8 Å². The van der Waals surface area contributed by atoms with E-state index in [1.165, 1.54) is 18.5 Å². The average molecular weight is 276 g/mol. The van der Waals surface area contributed by atoms with Crippen molar-refractivity contribution in [2.45, 2.75) is 32.4 Å². The standard InChI is InChI=1S/C13H16N4O3/c1-8(18)13(2,3)16-12-10-6-9(17(19)20)4-5-11(10)14-7-15-12/h4-8,18H,1-3H3,(H,14,15,16). The van der Waals surface area contributed by atoms with E-state index in [-0.39, 0.29) is 5.69 Å². The van der Waals surface area contributed by atoms with Crippen molar-refractivity contribution in [3.8, 4) is 0 Å². The summed E-state index contributed by atoms with van der Waals surface area (Å²) in [5.74, 6) is 0.463. The van der Waals surface area contributed by atoms with Gasteiger partial charge in [-0.3, -0.25) is 10.1 Å². The van der Waals surface area contributed by atoms with Crippen molar-refractivity contribution in [3.63, 3.8) is 0 Å². The van der Waals surface area contributed by atoms with Crippen LogP contribution < -0.4 is 5.32 Å². The second-order valence-corrected chi connectivity index (χ2v) is 5.20. The van der Waals surface area contributed by atoms with Gasteiger partial charge < -0.3 is 10.4 Å². The zero-order chi connectivity index (χ0) is 14.9. The zero-order valence-corrected chi connectivity index (χ0v) is 11.5. The fraction of sp³-hybridized carbons (Fsp3) is 0.385. The van der Waals surface area contributed by atoms with Crippen LogP contribution in [0.5, 0.6) is 0 Å². The van der Waals surface area contributed by atoms with E-state index in [2.05, 4.69) is 15.3 Å². The van der Waals surface area contributed by atoms with Gasteiger partial charge in [0, 0.05) is 17.5 Å². The van der Waals surface area contributed by atoms with E-state index in [9.17, 15) is 15.2 Å². The highest BCUT2D eigenvalue weighted by atomic mass is 16.6. The molecule has 0 radical (unpaired) electrons.